The molecule has 22 nitrogen and oxygen atoms in total. The van der Waals surface area contributed by atoms with Gasteiger partial charge in [-0.1, -0.05) is 42.0 Å². The van der Waals surface area contributed by atoms with Crippen LogP contribution in [0, 0.1) is 6.92 Å². The number of carboxylic acid groups (broad SMARTS) is 7. The number of benzene rings is 5. The first kappa shape index (κ1) is 59.0. The van der Waals surface area contributed by atoms with Crippen molar-refractivity contribution in [3.05, 3.63) is 143 Å². The maximum atomic E-state index is 12.5. The van der Waals surface area contributed by atoms with E-state index in [1.165, 1.54) is 44.6 Å². The standard InChI is InChI=1S/C53H56N3O19.Bi.2H/c1-34-7-9-37(10-8-34)31-72-41-16-18-46(44(23-41)53(69)70)74-33-42(32-73-45-17-15-40(22-43(45)52(67)68)71-30-36-5-3-2-4-6-36)75-39-13-11-35(12-14-39)21-38(56(28-50(63)64)29-51(65)66)24-54(25-47(57)58)19-20-55(26-48(59)60)27-49(61)62;;;/h3-18,22-23,38,42H,19-21,24-33H2,1H3,(H,57,58)(H,59,60)(H,61,62)(H,63,64)(H,65,66)(H,67,68)(H,69,70);;;. The largest absolute Gasteiger partial charge is 0.483 e. The van der Waals surface area contributed by atoms with E-state index in [0.717, 1.165) is 26.5 Å². The molecule has 0 aliphatic carbocycles. The summed E-state index contributed by atoms with van der Waals surface area (Å²) in [6, 6.07) is 29.3. The van der Waals surface area contributed by atoms with Gasteiger partial charge in [-0.15, -0.1) is 0 Å². The number of aryl methyl sites for hydroxylation is 1. The molecule has 0 radical (unpaired) electrons. The molecule has 2 unspecified atom stereocenters. The summed E-state index contributed by atoms with van der Waals surface area (Å²) in [6.07, 6.45) is -1.11. The molecule has 0 heterocycles. The molecule has 0 aliphatic heterocycles. The zero-order valence-corrected chi connectivity index (χ0v) is 45.7. The Hall–Kier alpha value is -7.85. The molecule has 404 valence electrons. The van der Waals surface area contributed by atoms with E-state index in [1.807, 2.05) is 55.5 Å². The predicted molar refractivity (Wildman–Crippen MR) is 273 cm³/mol. The van der Waals surface area contributed by atoms with Crippen molar-refractivity contribution in [1.82, 2.24) is 14.7 Å². The number of ether oxygens (including phenoxy) is 5. The van der Waals surface area contributed by atoms with Crippen molar-refractivity contribution in [1.29, 1.82) is 0 Å². The number of rotatable bonds is 34. The molecule has 0 fully saturated rings. The van der Waals surface area contributed by atoms with E-state index in [9.17, 15) is 69.3 Å². The van der Waals surface area contributed by atoms with Gasteiger partial charge in [-0.25, -0.2) is 4.79 Å². The molecule has 7 N–H and O–H groups in total. The van der Waals surface area contributed by atoms with E-state index in [2.05, 4.69) is 0 Å². The molecule has 2 atom stereocenters. The number of aliphatic carboxylic acids is 5. The maximum Gasteiger partial charge on any atom is 0.339 e. The average molecular weight is 1250 g/mol. The van der Waals surface area contributed by atoms with Gasteiger partial charge in [-0.05, 0) is 54.8 Å². The van der Waals surface area contributed by atoms with Gasteiger partial charge in [0.25, 0.3) is 0 Å². The van der Waals surface area contributed by atoms with Crippen LogP contribution in [0.25, 0.3) is 0 Å². The van der Waals surface area contributed by atoms with Crippen molar-refractivity contribution in [2.45, 2.75) is 38.7 Å². The van der Waals surface area contributed by atoms with E-state index < -0.39 is 86.7 Å². The van der Waals surface area contributed by atoms with Crippen LogP contribution in [0.2, 0.25) is 0 Å². The molecule has 5 aromatic carbocycles. The molecule has 0 aromatic heterocycles. The molecule has 0 saturated carbocycles. The van der Waals surface area contributed by atoms with Gasteiger partial charge in [-0.3, -0.25) is 38.7 Å². The second-order valence-corrected chi connectivity index (χ2v) is 20.0. The van der Waals surface area contributed by atoms with Crippen LogP contribution in [0.3, 0.4) is 0 Å². The second-order valence-electron chi connectivity index (χ2n) is 17.4. The number of carbonyl (C=O) groups is 7. The molecule has 5 rings (SSSR count). The van der Waals surface area contributed by atoms with Crippen molar-refractivity contribution < 1.29 is 93.0 Å². The smallest absolute Gasteiger partial charge is 0.339 e. The third-order valence-electron chi connectivity index (χ3n) is 11.3. The van der Waals surface area contributed by atoms with Gasteiger partial charge in [0.2, 0.25) is 0 Å². The predicted octanol–water partition coefficient (Wildman–Crippen LogP) is 2.95. The Morgan fingerprint density at radius 2 is 0.895 bits per heavy atom. The Kier molecular flexibility index (Phi) is 22.8. The zero-order valence-electron chi connectivity index (χ0n) is 41.2. The van der Waals surface area contributed by atoms with Gasteiger partial charge < -0.3 is 44.8 Å². The molecular weight excluding hydrogens is 1190 g/mol. The minimum Gasteiger partial charge on any atom is -0.483 e. The molecule has 0 bridgehead atoms. The first-order chi connectivity index (χ1) is 36.2. The summed E-state index contributed by atoms with van der Waals surface area (Å²) < 4.78 is 31.4. The van der Waals surface area contributed by atoms with Crippen LogP contribution in [0.4, 0.5) is 0 Å². The summed E-state index contributed by atoms with van der Waals surface area (Å²) in [5, 5.41) is 68.3. The first-order valence-corrected chi connectivity index (χ1v) is 25.6. The van der Waals surface area contributed by atoms with Crippen LogP contribution in [0.5, 0.6) is 28.7 Å². The summed E-state index contributed by atoms with van der Waals surface area (Å²) in [4.78, 5) is 87.4. The number of hydrogen-bond donors (Lipinski definition) is 7. The molecule has 5 aromatic rings. The normalized spacial score (nSPS) is 11.9. The third-order valence-corrected chi connectivity index (χ3v) is 12.8. The topological polar surface area (TPSA) is 317 Å². The Bertz CT molecular complexity index is 2650. The summed E-state index contributed by atoms with van der Waals surface area (Å²) >= 11 is 0.673. The molecule has 23 heteroatoms. The van der Waals surface area contributed by atoms with E-state index in [0.29, 0.717) is 30.3 Å². The fraction of sp³-hybridized carbons (Fsp3) is 0.302. The minimum atomic E-state index is -1.37. The Balaban J connectivity index is 1.40. The van der Waals surface area contributed by atoms with Crippen molar-refractivity contribution in [2.24, 2.45) is 0 Å². The minimum absolute atomic E-state index is 0.0434. The Morgan fingerprint density at radius 3 is 1.34 bits per heavy atom. The molecule has 0 amide bonds. The second kappa shape index (κ2) is 29.3. The van der Waals surface area contributed by atoms with Gasteiger partial charge in [0.1, 0.15) is 36.0 Å². The first-order valence-electron chi connectivity index (χ1n) is 23.4. The molecule has 0 saturated heterocycles. The molecular formula is C53H58BiN3O19. The summed E-state index contributed by atoms with van der Waals surface area (Å²) in [7, 11) is 0. The number of carboxylic acids is 7. The maximum absolute atomic E-state index is 12.5. The van der Waals surface area contributed by atoms with Crippen LogP contribution in [0.1, 0.15) is 43.0 Å². The summed E-state index contributed by atoms with van der Waals surface area (Å²) in [6.45, 7) is -2.51. The van der Waals surface area contributed by atoms with Crippen LogP contribution in [-0.2, 0) is 43.6 Å². The Labute approximate surface area is 451 Å². The van der Waals surface area contributed by atoms with Crippen molar-refractivity contribution in [2.75, 3.05) is 65.6 Å². The zero-order chi connectivity index (χ0) is 55.3. The number of aromatic carboxylic acids is 2. The summed E-state index contributed by atoms with van der Waals surface area (Å²) in [5.41, 5.74) is 2.87. The van der Waals surface area contributed by atoms with Gasteiger partial charge >= 0.3 is 167 Å². The van der Waals surface area contributed by atoms with E-state index in [4.69, 9.17) is 23.7 Å². The number of hydrogen-bond acceptors (Lipinski definition) is 15. The summed E-state index contributed by atoms with van der Waals surface area (Å²) in [5.74, 6) is -8.69. The number of nitrogens with zero attached hydrogens (tertiary/aromatic N) is 3. The van der Waals surface area contributed by atoms with Crippen LogP contribution in [0.15, 0.2) is 109 Å². The fourth-order valence-electron chi connectivity index (χ4n) is 7.64. The third kappa shape index (κ3) is 20.5. The van der Waals surface area contributed by atoms with Crippen molar-refractivity contribution >= 4 is 69.8 Å². The monoisotopic (exact) mass is 1250 g/mol. The van der Waals surface area contributed by atoms with E-state index in [1.54, 1.807) is 24.3 Å². The quantitative estimate of drug-likeness (QED) is 0.0291. The average Bonchev–Trinajstić information content (AvgIpc) is 3.35. The van der Waals surface area contributed by atoms with Gasteiger partial charge in [0, 0.05) is 25.7 Å². The Morgan fingerprint density at radius 1 is 0.487 bits per heavy atom. The van der Waals surface area contributed by atoms with Crippen LogP contribution in [-0.4, -0.2) is 195 Å². The van der Waals surface area contributed by atoms with Crippen LogP contribution >= 0.6 is 0 Å². The fourth-order valence-corrected chi connectivity index (χ4v) is 8.39. The van der Waals surface area contributed by atoms with Gasteiger partial charge in [0.05, 0.1) is 32.7 Å². The molecule has 0 aliphatic rings. The molecule has 76 heavy (non-hydrogen) atoms. The van der Waals surface area contributed by atoms with Crippen LogP contribution < -0.4 is 27.0 Å². The van der Waals surface area contributed by atoms with Gasteiger partial charge in [0.15, 0.2) is 6.10 Å². The molecule has 0 spiro atoms. The van der Waals surface area contributed by atoms with Gasteiger partial charge in [-0.2, -0.15) is 0 Å². The van der Waals surface area contributed by atoms with Crippen molar-refractivity contribution in [3.8, 4) is 28.7 Å². The van der Waals surface area contributed by atoms with E-state index in [-0.39, 0.29) is 92.4 Å². The van der Waals surface area contributed by atoms with Crippen molar-refractivity contribution in [3.63, 3.8) is 0 Å². The SMILES string of the molecule is Cc1ccc(COc2ccc(OCC(COc3ccc(OCc4cc[c]([BiH2])cc4)cc3C(=O)O)Oc3ccc(CC(CN(CCN(CC(=O)O)CC(=O)O)CC(=O)O)N(CC(=O)O)CC(=O)O)cc3)c(C(=O)O)c2)cc1. The van der Waals surface area contributed by atoms with E-state index >= 15 is 0 Å².